The van der Waals surface area contributed by atoms with Gasteiger partial charge in [-0.1, -0.05) is 79.7 Å². The average molecular weight is 420 g/mol. The van der Waals surface area contributed by atoms with Crippen LogP contribution in [0.25, 0.3) is 38.4 Å². The van der Waals surface area contributed by atoms with Crippen LogP contribution in [0, 0.1) is 0 Å². The molecule has 0 saturated heterocycles. The second kappa shape index (κ2) is 6.80. The maximum atomic E-state index is 14.1. The minimum Gasteiger partial charge on any atom is -0.314 e. The number of aromatic nitrogens is 2. The third-order valence-corrected chi connectivity index (χ3v) is 9.41. The Bertz CT molecular complexity index is 1650. The van der Waals surface area contributed by atoms with Crippen LogP contribution in [-0.2, 0) is 4.57 Å². The number of hydrogen-bond donors (Lipinski definition) is 0. The van der Waals surface area contributed by atoms with Crippen LogP contribution in [0.15, 0.2) is 97.1 Å². The van der Waals surface area contributed by atoms with E-state index in [1.54, 1.807) is 0 Å². The molecule has 0 radical (unpaired) electrons. The minimum atomic E-state index is -2.71. The monoisotopic (exact) mass is 420 g/mol. The zero-order valence-electron chi connectivity index (χ0n) is 17.2. The first-order chi connectivity index (χ1) is 15.2. The lowest BCUT2D eigenvalue weighted by atomic mass is 10.1. The summed E-state index contributed by atoms with van der Waals surface area (Å²) in [6.07, 6.45) is 0.586. The van der Waals surface area contributed by atoms with E-state index in [2.05, 4.69) is 59.0 Å². The molecule has 2 heterocycles. The normalized spacial score (nSPS) is 13.8. The standard InChI is InChI=1S/C27H21N2OP/c1-2-31(30,19-10-4-3-5-11-19)20-16-17-24-26(18-20)29-25-15-9-8-13-22(25)21-12-6-7-14-23(21)27(29)28-24/h3-18H,2H2,1H3. The van der Waals surface area contributed by atoms with Gasteiger partial charge >= 0.3 is 0 Å². The first-order valence-corrected chi connectivity index (χ1v) is 12.5. The molecule has 1 unspecified atom stereocenters. The molecule has 0 fully saturated rings. The Hall–Kier alpha value is -3.42. The maximum Gasteiger partial charge on any atom is 0.146 e. The van der Waals surface area contributed by atoms with E-state index >= 15 is 0 Å². The molecule has 0 saturated carbocycles. The van der Waals surface area contributed by atoms with Crippen LogP contribution in [0.2, 0.25) is 0 Å². The van der Waals surface area contributed by atoms with E-state index in [-0.39, 0.29) is 0 Å². The van der Waals surface area contributed by atoms with Crippen LogP contribution < -0.4 is 10.6 Å². The molecular weight excluding hydrogens is 399 g/mol. The SMILES string of the molecule is CCP(=O)(c1ccccc1)c1ccc2nc3c4ccccc4c4ccccc4n3c2c1. The highest BCUT2D eigenvalue weighted by Crippen LogP contribution is 2.43. The van der Waals surface area contributed by atoms with Gasteiger partial charge in [0.25, 0.3) is 0 Å². The number of pyridine rings is 1. The molecule has 0 aliphatic rings. The van der Waals surface area contributed by atoms with Crippen molar-refractivity contribution in [3.63, 3.8) is 0 Å². The summed E-state index contributed by atoms with van der Waals surface area (Å²) in [6, 6.07) is 32.8. The Labute approximate surface area is 180 Å². The number of nitrogens with zero attached hydrogens (tertiary/aromatic N) is 2. The fourth-order valence-electron chi connectivity index (χ4n) is 4.71. The number of imidazole rings is 1. The summed E-state index contributed by atoms with van der Waals surface area (Å²) in [6.45, 7) is 2.01. The van der Waals surface area contributed by atoms with Crippen molar-refractivity contribution in [2.45, 2.75) is 6.92 Å². The van der Waals surface area contributed by atoms with E-state index in [9.17, 15) is 4.57 Å². The van der Waals surface area contributed by atoms with Gasteiger partial charge in [-0.15, -0.1) is 0 Å². The van der Waals surface area contributed by atoms with Gasteiger partial charge < -0.3 is 4.57 Å². The maximum absolute atomic E-state index is 14.1. The summed E-state index contributed by atoms with van der Waals surface area (Å²) in [5.41, 5.74) is 3.97. The van der Waals surface area contributed by atoms with Gasteiger partial charge in [-0.3, -0.25) is 4.40 Å². The molecule has 31 heavy (non-hydrogen) atoms. The van der Waals surface area contributed by atoms with Crippen molar-refractivity contribution in [3.05, 3.63) is 97.1 Å². The summed E-state index contributed by atoms with van der Waals surface area (Å²) in [7, 11) is -2.71. The van der Waals surface area contributed by atoms with Gasteiger partial charge in [0.2, 0.25) is 0 Å². The molecule has 6 rings (SSSR count). The van der Waals surface area contributed by atoms with Crippen molar-refractivity contribution in [2.24, 2.45) is 0 Å². The Morgan fingerprint density at radius 1 is 0.710 bits per heavy atom. The van der Waals surface area contributed by atoms with Crippen LogP contribution in [0.4, 0.5) is 0 Å². The number of fused-ring (bicyclic) bond motifs is 8. The van der Waals surface area contributed by atoms with Gasteiger partial charge in [-0.25, -0.2) is 4.98 Å². The molecular formula is C27H21N2OP. The Morgan fingerprint density at radius 2 is 1.39 bits per heavy atom. The fraction of sp³-hybridized carbons (Fsp3) is 0.0741. The predicted molar refractivity (Wildman–Crippen MR) is 132 cm³/mol. The van der Waals surface area contributed by atoms with E-state index in [1.165, 1.54) is 10.8 Å². The third kappa shape index (κ3) is 2.60. The van der Waals surface area contributed by atoms with Gasteiger partial charge in [0.1, 0.15) is 12.8 Å². The molecule has 0 N–H and O–H groups in total. The van der Waals surface area contributed by atoms with Crippen molar-refractivity contribution in [1.82, 2.24) is 9.38 Å². The zero-order valence-corrected chi connectivity index (χ0v) is 18.1. The second-order valence-corrected chi connectivity index (χ2v) is 11.0. The number of para-hydroxylation sites is 1. The van der Waals surface area contributed by atoms with Gasteiger partial charge in [0, 0.05) is 27.5 Å². The Morgan fingerprint density at radius 3 is 2.16 bits per heavy atom. The van der Waals surface area contributed by atoms with Crippen LogP contribution in [0.3, 0.4) is 0 Å². The van der Waals surface area contributed by atoms with E-state index < -0.39 is 7.14 Å². The smallest absolute Gasteiger partial charge is 0.146 e. The summed E-state index contributed by atoms with van der Waals surface area (Å²) in [5.74, 6) is 0. The lowest BCUT2D eigenvalue weighted by Gasteiger charge is -2.17. The zero-order chi connectivity index (χ0) is 21.0. The van der Waals surface area contributed by atoms with Gasteiger partial charge in [0.05, 0.1) is 16.6 Å². The highest BCUT2D eigenvalue weighted by Gasteiger charge is 2.26. The summed E-state index contributed by atoms with van der Waals surface area (Å²) >= 11 is 0. The van der Waals surface area contributed by atoms with Crippen LogP contribution in [-0.4, -0.2) is 15.5 Å². The third-order valence-electron chi connectivity index (χ3n) is 6.28. The molecule has 2 aromatic heterocycles. The summed E-state index contributed by atoms with van der Waals surface area (Å²) in [4.78, 5) is 4.99. The predicted octanol–water partition coefficient (Wildman–Crippen LogP) is 6.13. The van der Waals surface area contributed by atoms with E-state index in [4.69, 9.17) is 4.98 Å². The molecule has 0 aliphatic heterocycles. The number of hydrogen-bond acceptors (Lipinski definition) is 2. The van der Waals surface area contributed by atoms with Crippen molar-refractivity contribution in [3.8, 4) is 0 Å². The quantitative estimate of drug-likeness (QED) is 0.255. The lowest BCUT2D eigenvalue weighted by Crippen LogP contribution is -2.17. The molecule has 0 aliphatic carbocycles. The first-order valence-electron chi connectivity index (χ1n) is 10.6. The number of rotatable bonds is 3. The molecule has 3 nitrogen and oxygen atoms in total. The average Bonchev–Trinajstić information content (AvgIpc) is 3.23. The van der Waals surface area contributed by atoms with Crippen LogP contribution >= 0.6 is 7.14 Å². The van der Waals surface area contributed by atoms with Crippen molar-refractivity contribution < 1.29 is 4.57 Å². The van der Waals surface area contributed by atoms with Crippen LogP contribution in [0.5, 0.6) is 0 Å². The fourth-order valence-corrected chi connectivity index (χ4v) is 7.03. The minimum absolute atomic E-state index is 0.586. The van der Waals surface area contributed by atoms with E-state index in [0.717, 1.165) is 38.2 Å². The van der Waals surface area contributed by atoms with Crippen molar-refractivity contribution >= 4 is 56.1 Å². The van der Waals surface area contributed by atoms with E-state index in [0.29, 0.717) is 6.16 Å². The highest BCUT2D eigenvalue weighted by molar-refractivity contribution is 7.78. The van der Waals surface area contributed by atoms with Crippen LogP contribution in [0.1, 0.15) is 6.92 Å². The second-order valence-electron chi connectivity index (χ2n) is 7.90. The molecule has 4 aromatic carbocycles. The van der Waals surface area contributed by atoms with Gasteiger partial charge in [0.15, 0.2) is 0 Å². The summed E-state index contributed by atoms with van der Waals surface area (Å²) in [5, 5.41) is 5.30. The van der Waals surface area contributed by atoms with Gasteiger partial charge in [-0.05, 0) is 29.7 Å². The number of benzene rings is 4. The van der Waals surface area contributed by atoms with Crippen molar-refractivity contribution in [2.75, 3.05) is 6.16 Å². The first kappa shape index (κ1) is 18.4. The molecule has 1 atom stereocenters. The Kier molecular flexibility index (Phi) is 4.03. The molecule has 0 spiro atoms. The lowest BCUT2D eigenvalue weighted by molar-refractivity contribution is 0.587. The van der Waals surface area contributed by atoms with Gasteiger partial charge in [-0.2, -0.15) is 0 Å². The van der Waals surface area contributed by atoms with E-state index in [1.807, 2.05) is 49.4 Å². The molecule has 4 heteroatoms. The molecule has 0 amide bonds. The molecule has 6 aromatic rings. The topological polar surface area (TPSA) is 34.4 Å². The highest BCUT2D eigenvalue weighted by atomic mass is 31.2. The van der Waals surface area contributed by atoms with Crippen molar-refractivity contribution in [1.29, 1.82) is 0 Å². The molecule has 0 bridgehead atoms. The molecule has 150 valence electrons. The summed E-state index contributed by atoms with van der Waals surface area (Å²) < 4.78 is 16.4. The largest absolute Gasteiger partial charge is 0.314 e. The Balaban J connectivity index is 1.75.